The van der Waals surface area contributed by atoms with Crippen LogP contribution in [0.1, 0.15) is 30.2 Å². The molecule has 17 heavy (non-hydrogen) atoms. The van der Waals surface area contributed by atoms with Gasteiger partial charge in [0.15, 0.2) is 11.5 Å². The van der Waals surface area contributed by atoms with Crippen LogP contribution in [0.5, 0.6) is 11.5 Å². The van der Waals surface area contributed by atoms with Crippen LogP contribution in [0.25, 0.3) is 0 Å². The summed E-state index contributed by atoms with van der Waals surface area (Å²) >= 11 is 3.78. The first kappa shape index (κ1) is 11.4. The van der Waals surface area contributed by atoms with E-state index in [1.807, 2.05) is 6.07 Å². The third-order valence-electron chi connectivity index (χ3n) is 3.37. The van der Waals surface area contributed by atoms with Crippen LogP contribution >= 0.6 is 15.9 Å². The molecule has 3 rings (SSSR count). The van der Waals surface area contributed by atoms with Crippen LogP contribution in [-0.2, 0) is 0 Å². The summed E-state index contributed by atoms with van der Waals surface area (Å²) in [5, 5.41) is 0. The summed E-state index contributed by atoms with van der Waals surface area (Å²) in [5.41, 5.74) is 1.31. The fraction of sp³-hybridized carbons (Fsp3) is 0.571. The summed E-state index contributed by atoms with van der Waals surface area (Å²) in [6, 6.07) is 6.32. The molecule has 2 nitrogen and oxygen atoms in total. The van der Waals surface area contributed by atoms with Crippen molar-refractivity contribution in [1.82, 2.24) is 0 Å². The van der Waals surface area contributed by atoms with Gasteiger partial charge >= 0.3 is 0 Å². The van der Waals surface area contributed by atoms with Gasteiger partial charge in [0, 0.05) is 10.7 Å². The Bertz CT molecular complexity index is 415. The Labute approximate surface area is 110 Å². The third-order valence-corrected chi connectivity index (χ3v) is 4.65. The van der Waals surface area contributed by atoms with E-state index in [2.05, 4.69) is 35.0 Å². The summed E-state index contributed by atoms with van der Waals surface area (Å²) in [4.78, 5) is 0.470. The predicted octanol–water partition coefficient (Wildman–Crippen LogP) is 3.94. The van der Waals surface area contributed by atoms with Gasteiger partial charge in [0.25, 0.3) is 0 Å². The van der Waals surface area contributed by atoms with Crippen molar-refractivity contribution in [2.75, 3.05) is 13.2 Å². The molecule has 0 saturated heterocycles. The number of benzene rings is 1. The maximum Gasteiger partial charge on any atom is 0.161 e. The molecule has 92 valence electrons. The van der Waals surface area contributed by atoms with Crippen molar-refractivity contribution in [3.05, 3.63) is 23.8 Å². The normalized spacial score (nSPS) is 25.2. The molecule has 0 N–H and O–H groups in total. The first-order valence-corrected chi connectivity index (χ1v) is 7.19. The van der Waals surface area contributed by atoms with Crippen molar-refractivity contribution in [2.24, 2.45) is 11.8 Å². The summed E-state index contributed by atoms with van der Waals surface area (Å²) < 4.78 is 11.5. The first-order chi connectivity index (χ1) is 8.24. The highest BCUT2D eigenvalue weighted by molar-refractivity contribution is 9.09. The molecule has 1 fully saturated rings. The van der Waals surface area contributed by atoms with Crippen LogP contribution in [0.4, 0.5) is 0 Å². The number of fused-ring (bicyclic) bond motifs is 1. The lowest BCUT2D eigenvalue weighted by molar-refractivity contribution is 0.228. The monoisotopic (exact) mass is 296 g/mol. The zero-order valence-corrected chi connectivity index (χ0v) is 11.6. The second-order valence-corrected chi connectivity index (χ2v) is 6.16. The highest BCUT2D eigenvalue weighted by Gasteiger charge is 2.31. The van der Waals surface area contributed by atoms with E-state index < -0.39 is 0 Å². The Morgan fingerprint density at radius 3 is 2.59 bits per heavy atom. The summed E-state index contributed by atoms with van der Waals surface area (Å²) in [5.74, 6) is 3.04. The minimum atomic E-state index is 0.453. The van der Waals surface area contributed by atoms with Crippen molar-refractivity contribution in [3.8, 4) is 11.5 Å². The molecule has 0 spiro atoms. The molecule has 1 aliphatic carbocycles. The Balaban J connectivity index is 1.85. The Hall–Kier alpha value is -0.700. The van der Waals surface area contributed by atoms with Gasteiger partial charge in [-0.3, -0.25) is 0 Å². The van der Waals surface area contributed by atoms with Gasteiger partial charge in [0.2, 0.25) is 0 Å². The minimum Gasteiger partial charge on any atom is -0.489 e. The van der Waals surface area contributed by atoms with Gasteiger partial charge in [-0.1, -0.05) is 28.9 Å². The lowest BCUT2D eigenvalue weighted by Gasteiger charge is -2.12. The van der Waals surface area contributed by atoms with E-state index in [0.717, 1.165) is 30.6 Å². The van der Waals surface area contributed by atoms with Crippen LogP contribution in [0, 0.1) is 11.8 Å². The zero-order valence-electron chi connectivity index (χ0n) is 9.99. The maximum atomic E-state index is 5.81. The lowest BCUT2D eigenvalue weighted by atomic mass is 10.1. The van der Waals surface area contributed by atoms with E-state index in [4.69, 9.17) is 9.47 Å². The molecule has 2 aliphatic rings. The predicted molar refractivity (Wildman–Crippen MR) is 71.0 cm³/mol. The van der Waals surface area contributed by atoms with Gasteiger partial charge in [0.1, 0.15) is 0 Å². The maximum absolute atomic E-state index is 5.81. The smallest absolute Gasteiger partial charge is 0.161 e. The average Bonchev–Trinajstić information content (AvgIpc) is 3.16. The van der Waals surface area contributed by atoms with Gasteiger partial charge in [-0.15, -0.1) is 0 Å². The molecule has 0 aromatic heterocycles. The van der Waals surface area contributed by atoms with Crippen molar-refractivity contribution < 1.29 is 9.47 Å². The molecule has 1 aliphatic heterocycles. The number of ether oxygens (including phenoxy) is 2. The molecule has 0 amide bonds. The molecule has 1 heterocycles. The number of rotatable bonds is 2. The van der Waals surface area contributed by atoms with Crippen molar-refractivity contribution in [1.29, 1.82) is 0 Å². The summed E-state index contributed by atoms with van der Waals surface area (Å²) in [7, 11) is 0. The first-order valence-electron chi connectivity index (χ1n) is 6.27. The van der Waals surface area contributed by atoms with E-state index >= 15 is 0 Å². The zero-order chi connectivity index (χ0) is 11.8. The second kappa shape index (κ2) is 4.52. The van der Waals surface area contributed by atoms with Gasteiger partial charge in [-0.2, -0.15) is 0 Å². The fourth-order valence-corrected chi connectivity index (χ4v) is 2.91. The molecule has 1 saturated carbocycles. The minimum absolute atomic E-state index is 0.453. The molecule has 2 atom stereocenters. The number of alkyl halides is 1. The number of halogens is 1. The number of hydrogen-bond donors (Lipinski definition) is 0. The topological polar surface area (TPSA) is 18.5 Å². The molecule has 3 heteroatoms. The van der Waals surface area contributed by atoms with Crippen molar-refractivity contribution in [3.63, 3.8) is 0 Å². The Morgan fingerprint density at radius 2 is 1.88 bits per heavy atom. The molecule has 0 radical (unpaired) electrons. The van der Waals surface area contributed by atoms with Crippen LogP contribution in [0.15, 0.2) is 18.2 Å². The van der Waals surface area contributed by atoms with Crippen molar-refractivity contribution in [2.45, 2.75) is 24.6 Å². The van der Waals surface area contributed by atoms with E-state index in [9.17, 15) is 0 Å². The second-order valence-electron chi connectivity index (χ2n) is 5.17. The largest absolute Gasteiger partial charge is 0.489 e. The number of hydrogen-bond acceptors (Lipinski definition) is 2. The van der Waals surface area contributed by atoms with Crippen LogP contribution in [0.2, 0.25) is 0 Å². The molecule has 2 unspecified atom stereocenters. The van der Waals surface area contributed by atoms with Crippen LogP contribution in [-0.4, -0.2) is 13.2 Å². The standard InChI is InChI=1S/C14H17BrO2/c1-9-7-16-12-5-4-11(6-13(12)17-8-9)14(15)10-2-3-10/h4-6,9-10,14H,2-3,7-8H2,1H3. The van der Waals surface area contributed by atoms with E-state index in [-0.39, 0.29) is 0 Å². The van der Waals surface area contributed by atoms with Gasteiger partial charge < -0.3 is 9.47 Å². The van der Waals surface area contributed by atoms with Gasteiger partial charge in [-0.05, 0) is 36.5 Å². The summed E-state index contributed by atoms with van der Waals surface area (Å²) in [6.07, 6.45) is 2.67. The van der Waals surface area contributed by atoms with Crippen LogP contribution < -0.4 is 9.47 Å². The summed E-state index contributed by atoms with van der Waals surface area (Å²) in [6.45, 7) is 3.63. The molecular weight excluding hydrogens is 280 g/mol. The van der Waals surface area contributed by atoms with E-state index in [1.54, 1.807) is 0 Å². The molecule has 1 aromatic rings. The molecular formula is C14H17BrO2. The Kier molecular flexibility index (Phi) is 3.03. The lowest BCUT2D eigenvalue weighted by Crippen LogP contribution is -2.12. The highest BCUT2D eigenvalue weighted by atomic mass is 79.9. The third kappa shape index (κ3) is 2.44. The average molecular weight is 297 g/mol. The van der Waals surface area contributed by atoms with Crippen molar-refractivity contribution >= 4 is 15.9 Å². The molecule has 0 bridgehead atoms. The van der Waals surface area contributed by atoms with E-state index in [1.165, 1.54) is 18.4 Å². The van der Waals surface area contributed by atoms with E-state index in [0.29, 0.717) is 10.7 Å². The van der Waals surface area contributed by atoms with Gasteiger partial charge in [-0.25, -0.2) is 0 Å². The SMILES string of the molecule is CC1COc2ccc(C(Br)C3CC3)cc2OC1. The van der Waals surface area contributed by atoms with Gasteiger partial charge in [0.05, 0.1) is 13.2 Å². The quantitative estimate of drug-likeness (QED) is 0.770. The Morgan fingerprint density at radius 1 is 1.18 bits per heavy atom. The fourth-order valence-electron chi connectivity index (χ4n) is 2.10. The highest BCUT2D eigenvalue weighted by Crippen LogP contribution is 2.47. The van der Waals surface area contributed by atoms with Crippen LogP contribution in [0.3, 0.4) is 0 Å². The molecule has 1 aromatic carbocycles.